The number of carboxylic acid groups (broad SMARTS) is 2. The number of carbonyl (C=O) groups is 2. The van der Waals surface area contributed by atoms with Crippen molar-refractivity contribution in [3.63, 3.8) is 0 Å². The van der Waals surface area contributed by atoms with Crippen molar-refractivity contribution >= 4 is 11.9 Å². The summed E-state index contributed by atoms with van der Waals surface area (Å²) in [5.74, 6) is -1.63. The first-order valence-corrected chi connectivity index (χ1v) is 7.71. The highest BCUT2D eigenvalue weighted by Crippen LogP contribution is 2.04. The van der Waals surface area contributed by atoms with Crippen molar-refractivity contribution in [3.05, 3.63) is 35.9 Å². The summed E-state index contributed by atoms with van der Waals surface area (Å²) in [6.45, 7) is 2.15. The Morgan fingerprint density at radius 1 is 1.05 bits per heavy atom. The number of nitrogens with two attached hydrogens (primary N) is 1. The standard InChI is InChI=1S/C9H11NO2.C8H16O2/c10-8(9(11)12)6-7-4-2-1-3-5-7;1-2-3-4-5-6-7-8(9)10/h1-5,8H,6,10H2,(H,11,12);2-7H2,1H3,(H,9,10). The first-order chi connectivity index (χ1) is 10.5. The Hall–Kier alpha value is -1.88. The number of hydrogen-bond donors (Lipinski definition) is 3. The molecule has 5 heteroatoms. The molecule has 1 unspecified atom stereocenters. The summed E-state index contributed by atoms with van der Waals surface area (Å²) in [4.78, 5) is 20.4. The van der Waals surface area contributed by atoms with Crippen molar-refractivity contribution < 1.29 is 19.8 Å². The summed E-state index contributed by atoms with van der Waals surface area (Å²) in [6, 6.07) is 8.54. The van der Waals surface area contributed by atoms with Gasteiger partial charge in [-0.1, -0.05) is 62.9 Å². The zero-order chi connectivity index (χ0) is 16.8. The number of aliphatic carboxylic acids is 2. The number of rotatable bonds is 9. The van der Waals surface area contributed by atoms with Gasteiger partial charge in [-0.2, -0.15) is 0 Å². The van der Waals surface area contributed by atoms with Gasteiger partial charge in [-0.25, -0.2) is 0 Å². The van der Waals surface area contributed by atoms with E-state index in [1.54, 1.807) is 0 Å². The Labute approximate surface area is 132 Å². The topological polar surface area (TPSA) is 101 Å². The van der Waals surface area contributed by atoms with E-state index in [2.05, 4.69) is 6.92 Å². The summed E-state index contributed by atoms with van der Waals surface area (Å²) in [7, 11) is 0. The van der Waals surface area contributed by atoms with Crippen molar-refractivity contribution in [3.8, 4) is 0 Å². The van der Waals surface area contributed by atoms with Crippen LogP contribution in [0.5, 0.6) is 0 Å². The van der Waals surface area contributed by atoms with E-state index >= 15 is 0 Å². The molecule has 4 N–H and O–H groups in total. The normalized spacial score (nSPS) is 11.2. The van der Waals surface area contributed by atoms with Crippen molar-refractivity contribution in [1.82, 2.24) is 0 Å². The van der Waals surface area contributed by atoms with Gasteiger partial charge < -0.3 is 15.9 Å². The van der Waals surface area contributed by atoms with E-state index in [4.69, 9.17) is 15.9 Å². The fourth-order valence-corrected chi connectivity index (χ4v) is 1.84. The molecule has 1 aromatic carbocycles. The quantitative estimate of drug-likeness (QED) is 0.609. The lowest BCUT2D eigenvalue weighted by Crippen LogP contribution is -2.32. The zero-order valence-corrected chi connectivity index (χ0v) is 13.2. The van der Waals surface area contributed by atoms with Crippen LogP contribution >= 0.6 is 0 Å². The van der Waals surface area contributed by atoms with Crippen molar-refractivity contribution in [2.45, 2.75) is 57.9 Å². The second kappa shape index (κ2) is 12.8. The lowest BCUT2D eigenvalue weighted by molar-refractivity contribution is -0.139. The molecule has 0 aliphatic heterocycles. The SMILES string of the molecule is CCCCCCCC(=O)O.NC(Cc1ccccc1)C(=O)O. The summed E-state index contributed by atoms with van der Waals surface area (Å²) in [5, 5.41) is 16.8. The van der Waals surface area contributed by atoms with Crippen LogP contribution in [-0.2, 0) is 16.0 Å². The minimum atomic E-state index is -0.959. The fraction of sp³-hybridized carbons (Fsp3) is 0.529. The molecule has 0 saturated heterocycles. The second-order valence-electron chi connectivity index (χ2n) is 5.19. The van der Waals surface area contributed by atoms with Crippen molar-refractivity contribution in [2.24, 2.45) is 5.73 Å². The predicted molar refractivity (Wildman–Crippen MR) is 86.8 cm³/mol. The van der Waals surface area contributed by atoms with Gasteiger partial charge in [-0.15, -0.1) is 0 Å². The minimum absolute atomic E-state index is 0.337. The van der Waals surface area contributed by atoms with Crippen molar-refractivity contribution in [2.75, 3.05) is 0 Å². The first-order valence-electron chi connectivity index (χ1n) is 7.71. The Kier molecular flexibility index (Phi) is 11.7. The monoisotopic (exact) mass is 309 g/mol. The molecule has 0 spiro atoms. The van der Waals surface area contributed by atoms with Gasteiger partial charge in [0.25, 0.3) is 0 Å². The van der Waals surface area contributed by atoms with Gasteiger partial charge in [0.1, 0.15) is 6.04 Å². The molecule has 0 bridgehead atoms. The molecule has 0 amide bonds. The summed E-state index contributed by atoms with van der Waals surface area (Å²) in [6.07, 6.45) is 6.27. The molecule has 22 heavy (non-hydrogen) atoms. The van der Waals surface area contributed by atoms with Crippen LogP contribution in [0.3, 0.4) is 0 Å². The summed E-state index contributed by atoms with van der Waals surface area (Å²) < 4.78 is 0. The molecule has 0 aliphatic carbocycles. The molecule has 1 rings (SSSR count). The van der Waals surface area contributed by atoms with Gasteiger partial charge in [0.2, 0.25) is 0 Å². The smallest absolute Gasteiger partial charge is 0.320 e. The van der Waals surface area contributed by atoms with E-state index < -0.39 is 18.0 Å². The van der Waals surface area contributed by atoms with E-state index in [0.29, 0.717) is 12.8 Å². The van der Waals surface area contributed by atoms with E-state index in [9.17, 15) is 9.59 Å². The Morgan fingerprint density at radius 3 is 2.14 bits per heavy atom. The largest absolute Gasteiger partial charge is 0.481 e. The van der Waals surface area contributed by atoms with Crippen LogP contribution in [0.4, 0.5) is 0 Å². The predicted octanol–water partition coefficient (Wildman–Crippen LogP) is 3.07. The number of carboxylic acids is 2. The molecule has 0 aliphatic rings. The molecule has 0 aromatic heterocycles. The minimum Gasteiger partial charge on any atom is -0.481 e. The van der Waals surface area contributed by atoms with Gasteiger partial charge in [-0.05, 0) is 18.4 Å². The maximum Gasteiger partial charge on any atom is 0.320 e. The van der Waals surface area contributed by atoms with Crippen LogP contribution in [0.2, 0.25) is 0 Å². The van der Waals surface area contributed by atoms with E-state index in [1.807, 2.05) is 30.3 Å². The summed E-state index contributed by atoms with van der Waals surface area (Å²) >= 11 is 0. The highest BCUT2D eigenvalue weighted by Gasteiger charge is 2.10. The third kappa shape index (κ3) is 11.9. The first kappa shape index (κ1) is 20.1. The van der Waals surface area contributed by atoms with Crippen LogP contribution in [0.1, 0.15) is 51.0 Å². The lowest BCUT2D eigenvalue weighted by Gasteiger charge is -2.04. The average molecular weight is 309 g/mol. The fourth-order valence-electron chi connectivity index (χ4n) is 1.84. The van der Waals surface area contributed by atoms with Crippen molar-refractivity contribution in [1.29, 1.82) is 0 Å². The molecule has 0 saturated carbocycles. The molecular formula is C17H27NO4. The molecular weight excluding hydrogens is 282 g/mol. The van der Waals surface area contributed by atoms with Crippen LogP contribution in [0.15, 0.2) is 30.3 Å². The number of hydrogen-bond acceptors (Lipinski definition) is 3. The van der Waals surface area contributed by atoms with Crippen LogP contribution in [-0.4, -0.2) is 28.2 Å². The molecule has 1 atom stereocenters. The van der Waals surface area contributed by atoms with E-state index in [1.165, 1.54) is 19.3 Å². The molecule has 0 fully saturated rings. The van der Waals surface area contributed by atoms with E-state index in [0.717, 1.165) is 18.4 Å². The molecule has 0 heterocycles. The van der Waals surface area contributed by atoms with Gasteiger partial charge >= 0.3 is 11.9 Å². The highest BCUT2D eigenvalue weighted by molar-refractivity contribution is 5.73. The molecule has 124 valence electrons. The summed E-state index contributed by atoms with van der Waals surface area (Å²) in [5.41, 5.74) is 6.30. The van der Waals surface area contributed by atoms with E-state index in [-0.39, 0.29) is 0 Å². The van der Waals surface area contributed by atoms with Crippen LogP contribution in [0, 0.1) is 0 Å². The average Bonchev–Trinajstić information content (AvgIpc) is 2.48. The number of unbranched alkanes of at least 4 members (excludes halogenated alkanes) is 4. The molecule has 5 nitrogen and oxygen atoms in total. The maximum atomic E-state index is 10.4. The molecule has 1 aromatic rings. The Balaban J connectivity index is 0.000000409. The van der Waals surface area contributed by atoms with Gasteiger partial charge in [-0.3, -0.25) is 9.59 Å². The third-order valence-corrected chi connectivity index (χ3v) is 3.11. The highest BCUT2D eigenvalue weighted by atomic mass is 16.4. The lowest BCUT2D eigenvalue weighted by atomic mass is 10.1. The Morgan fingerprint density at radius 2 is 1.64 bits per heavy atom. The van der Waals surface area contributed by atoms with Crippen LogP contribution < -0.4 is 5.73 Å². The number of benzene rings is 1. The van der Waals surface area contributed by atoms with Gasteiger partial charge in [0.15, 0.2) is 0 Å². The second-order valence-corrected chi connectivity index (χ2v) is 5.19. The Bertz CT molecular complexity index is 420. The maximum absolute atomic E-state index is 10.4. The molecule has 0 radical (unpaired) electrons. The zero-order valence-electron chi connectivity index (χ0n) is 13.2. The third-order valence-electron chi connectivity index (χ3n) is 3.11. The van der Waals surface area contributed by atoms with Gasteiger partial charge in [0.05, 0.1) is 0 Å². The van der Waals surface area contributed by atoms with Gasteiger partial charge in [0, 0.05) is 6.42 Å². The van der Waals surface area contributed by atoms with Crippen LogP contribution in [0.25, 0.3) is 0 Å².